The molecule has 5 rings (SSSR count). The summed E-state index contributed by atoms with van der Waals surface area (Å²) in [4.78, 5) is 39.5. The molecule has 0 spiro atoms. The second-order valence-electron chi connectivity index (χ2n) is 8.98. The van der Waals surface area contributed by atoms with E-state index in [0.717, 1.165) is 16.7 Å². The number of primary amides is 1. The molecule has 4 aromatic rings. The average molecular weight is 536 g/mol. The van der Waals surface area contributed by atoms with Crippen molar-refractivity contribution in [1.29, 1.82) is 0 Å². The number of halogens is 2. The van der Waals surface area contributed by atoms with Crippen LogP contribution in [-0.2, 0) is 22.7 Å². The van der Waals surface area contributed by atoms with E-state index in [2.05, 4.69) is 20.6 Å². The van der Waals surface area contributed by atoms with Crippen molar-refractivity contribution in [2.24, 2.45) is 5.73 Å². The van der Waals surface area contributed by atoms with E-state index in [0.29, 0.717) is 15.9 Å². The maximum absolute atomic E-state index is 14.4. The predicted molar refractivity (Wildman–Crippen MR) is 138 cm³/mol. The number of carbonyl (C=O) groups is 3. The number of aromatic nitrogens is 4. The van der Waals surface area contributed by atoms with Crippen molar-refractivity contribution in [3.05, 3.63) is 77.2 Å². The van der Waals surface area contributed by atoms with Crippen molar-refractivity contribution >= 4 is 40.2 Å². The maximum Gasteiger partial charge on any atom is 0.269 e. The van der Waals surface area contributed by atoms with E-state index in [1.807, 2.05) is 0 Å². The van der Waals surface area contributed by atoms with Crippen LogP contribution in [0.3, 0.4) is 0 Å². The van der Waals surface area contributed by atoms with Gasteiger partial charge < -0.3 is 16.0 Å². The number of amides is 3. The molecule has 0 radical (unpaired) electrons. The topological polar surface area (TPSA) is 136 Å². The Morgan fingerprint density at radius 2 is 1.95 bits per heavy atom. The Hall–Kier alpha value is -4.38. The Morgan fingerprint density at radius 1 is 1.11 bits per heavy atom. The first-order chi connectivity index (χ1) is 18.3. The fourth-order valence-corrected chi connectivity index (χ4v) is 4.82. The van der Waals surface area contributed by atoms with Crippen LogP contribution in [0, 0.1) is 0 Å². The molecule has 3 heterocycles. The number of benzene rings is 2. The molecular formula is C26H23ClFN7O3. The van der Waals surface area contributed by atoms with E-state index in [4.69, 9.17) is 17.3 Å². The summed E-state index contributed by atoms with van der Waals surface area (Å²) in [7, 11) is 0. The highest BCUT2D eigenvalue weighted by molar-refractivity contribution is 6.30. The Kier molecular flexibility index (Phi) is 7.01. The number of hydrogen-bond donors (Lipinski definition) is 2. The first-order valence-corrected chi connectivity index (χ1v) is 12.2. The molecule has 2 atom stereocenters. The summed E-state index contributed by atoms with van der Waals surface area (Å²) < 4.78 is 15.7. The highest BCUT2D eigenvalue weighted by Gasteiger charge is 2.40. The second-order valence-corrected chi connectivity index (χ2v) is 9.41. The van der Waals surface area contributed by atoms with Crippen LogP contribution in [0.4, 0.5) is 4.39 Å². The van der Waals surface area contributed by atoms with Gasteiger partial charge in [0.15, 0.2) is 5.69 Å². The van der Waals surface area contributed by atoms with Crippen molar-refractivity contribution in [3.8, 4) is 11.1 Å². The molecule has 12 heteroatoms. The number of nitrogens with zero attached hydrogens (tertiary/aromatic N) is 5. The first kappa shape index (κ1) is 25.3. The van der Waals surface area contributed by atoms with Gasteiger partial charge in [0.1, 0.15) is 18.8 Å². The molecule has 2 unspecified atom stereocenters. The van der Waals surface area contributed by atoms with Crippen molar-refractivity contribution in [3.63, 3.8) is 0 Å². The Labute approximate surface area is 221 Å². The smallest absolute Gasteiger partial charge is 0.269 e. The molecule has 194 valence electrons. The number of likely N-dealkylation sites (tertiary alicyclic amines) is 1. The lowest BCUT2D eigenvalue weighted by molar-refractivity contribution is -0.139. The summed E-state index contributed by atoms with van der Waals surface area (Å²) in [6, 6.07) is 13.0. The zero-order valence-electron chi connectivity index (χ0n) is 20.1. The molecule has 2 aromatic carbocycles. The number of hydrogen-bond acceptors (Lipinski definition) is 6. The Bertz CT molecular complexity index is 1530. The molecule has 10 nitrogen and oxygen atoms in total. The zero-order valence-corrected chi connectivity index (χ0v) is 20.8. The van der Waals surface area contributed by atoms with Gasteiger partial charge in [-0.3, -0.25) is 19.1 Å². The molecule has 1 aliphatic heterocycles. The van der Waals surface area contributed by atoms with Gasteiger partial charge in [0.2, 0.25) is 11.8 Å². The third-order valence-corrected chi connectivity index (χ3v) is 6.65. The molecule has 1 fully saturated rings. The van der Waals surface area contributed by atoms with Crippen molar-refractivity contribution in [2.75, 3.05) is 6.54 Å². The Morgan fingerprint density at radius 3 is 2.68 bits per heavy atom. The number of nitrogens with one attached hydrogen (secondary N) is 1. The van der Waals surface area contributed by atoms with E-state index >= 15 is 0 Å². The fourth-order valence-electron chi connectivity index (χ4n) is 4.60. The van der Waals surface area contributed by atoms with Crippen LogP contribution in [0.1, 0.15) is 22.5 Å². The van der Waals surface area contributed by atoms with Gasteiger partial charge in [-0.05, 0) is 41.5 Å². The van der Waals surface area contributed by atoms with E-state index in [1.165, 1.54) is 9.58 Å². The Balaban J connectivity index is 1.36. The summed E-state index contributed by atoms with van der Waals surface area (Å²) in [5, 5.41) is 15.6. The van der Waals surface area contributed by atoms with Crippen LogP contribution in [0.15, 0.2) is 60.9 Å². The minimum atomic E-state index is -1.34. The van der Waals surface area contributed by atoms with Gasteiger partial charge >= 0.3 is 0 Å². The van der Waals surface area contributed by atoms with E-state index in [-0.39, 0.29) is 31.7 Å². The molecule has 0 aliphatic carbocycles. The SMILES string of the molecule is NC(=O)c1nn(CC(=O)N2CC(F)CC2C(=O)NCc2cccc(Cl)c2)c2ccc(-c3ccnnc3)cc12. The third-order valence-electron chi connectivity index (χ3n) is 6.42. The van der Waals surface area contributed by atoms with Gasteiger partial charge in [-0.15, -0.1) is 0 Å². The number of fused-ring (bicyclic) bond motifs is 1. The quantitative estimate of drug-likeness (QED) is 0.373. The fraction of sp³-hybridized carbons (Fsp3) is 0.231. The van der Waals surface area contributed by atoms with Gasteiger partial charge in [-0.25, -0.2) is 4.39 Å². The van der Waals surface area contributed by atoms with Crippen molar-refractivity contribution in [1.82, 2.24) is 30.2 Å². The number of rotatable bonds is 7. The van der Waals surface area contributed by atoms with Crippen molar-refractivity contribution < 1.29 is 18.8 Å². The van der Waals surface area contributed by atoms with Gasteiger partial charge in [0.05, 0.1) is 24.5 Å². The summed E-state index contributed by atoms with van der Waals surface area (Å²) in [5.74, 6) is -1.72. The number of carbonyl (C=O) groups excluding carboxylic acids is 3. The molecule has 2 aromatic heterocycles. The predicted octanol–water partition coefficient (Wildman–Crippen LogP) is 2.50. The maximum atomic E-state index is 14.4. The standard InChI is InChI=1S/C26H23ClFN7O3/c27-18-3-1-2-15(8-18)11-30-26(38)22-10-19(28)13-34(22)23(36)14-35-21-5-4-16(17-6-7-31-32-12-17)9-20(21)24(33-35)25(29)37/h1-9,12,19,22H,10-11,13-14H2,(H2,29,37)(H,30,38). The van der Waals surface area contributed by atoms with Crippen LogP contribution < -0.4 is 11.1 Å². The first-order valence-electron chi connectivity index (χ1n) is 11.8. The summed E-state index contributed by atoms with van der Waals surface area (Å²) in [6.07, 6.45) is 1.68. The summed E-state index contributed by atoms with van der Waals surface area (Å²) in [5.41, 5.74) is 8.37. The van der Waals surface area contributed by atoms with E-state index in [1.54, 1.807) is 60.9 Å². The monoisotopic (exact) mass is 535 g/mol. The van der Waals surface area contributed by atoms with Crippen LogP contribution in [0.2, 0.25) is 5.02 Å². The minimum absolute atomic E-state index is 0.00253. The molecule has 1 aliphatic rings. The third kappa shape index (κ3) is 5.18. The minimum Gasteiger partial charge on any atom is -0.364 e. The molecule has 3 amide bonds. The highest BCUT2D eigenvalue weighted by atomic mass is 35.5. The lowest BCUT2D eigenvalue weighted by Crippen LogP contribution is -2.46. The highest BCUT2D eigenvalue weighted by Crippen LogP contribution is 2.27. The van der Waals surface area contributed by atoms with Gasteiger partial charge in [0, 0.05) is 28.9 Å². The lowest BCUT2D eigenvalue weighted by Gasteiger charge is -2.23. The summed E-state index contributed by atoms with van der Waals surface area (Å²) in [6.45, 7) is -0.324. The van der Waals surface area contributed by atoms with E-state index < -0.39 is 29.9 Å². The van der Waals surface area contributed by atoms with Crippen LogP contribution in [0.5, 0.6) is 0 Å². The normalized spacial score (nSPS) is 17.1. The van der Waals surface area contributed by atoms with Crippen molar-refractivity contribution in [2.45, 2.75) is 31.7 Å². The molecule has 1 saturated heterocycles. The van der Waals surface area contributed by atoms with Gasteiger partial charge in [-0.1, -0.05) is 29.8 Å². The second kappa shape index (κ2) is 10.5. The zero-order chi connectivity index (χ0) is 26.8. The number of nitrogens with two attached hydrogens (primary N) is 1. The summed E-state index contributed by atoms with van der Waals surface area (Å²) >= 11 is 5.99. The van der Waals surface area contributed by atoms with Crippen LogP contribution >= 0.6 is 11.6 Å². The van der Waals surface area contributed by atoms with Gasteiger partial charge in [-0.2, -0.15) is 15.3 Å². The average Bonchev–Trinajstić information content (AvgIpc) is 3.48. The van der Waals surface area contributed by atoms with E-state index in [9.17, 15) is 18.8 Å². The largest absolute Gasteiger partial charge is 0.364 e. The molecule has 0 saturated carbocycles. The molecule has 0 bridgehead atoms. The lowest BCUT2D eigenvalue weighted by atomic mass is 10.0. The van der Waals surface area contributed by atoms with Crippen LogP contribution in [0.25, 0.3) is 22.0 Å². The van der Waals surface area contributed by atoms with Gasteiger partial charge in [0.25, 0.3) is 5.91 Å². The molecular weight excluding hydrogens is 513 g/mol. The molecule has 38 heavy (non-hydrogen) atoms. The van der Waals surface area contributed by atoms with Crippen LogP contribution in [-0.4, -0.2) is 61.4 Å². The molecule has 3 N–H and O–H groups in total. The number of alkyl halides is 1.